The first-order valence-corrected chi connectivity index (χ1v) is 8.36. The highest BCUT2D eigenvalue weighted by Crippen LogP contribution is 2.32. The van der Waals surface area contributed by atoms with Gasteiger partial charge in [0.15, 0.2) is 0 Å². The van der Waals surface area contributed by atoms with E-state index >= 15 is 0 Å². The minimum Gasteiger partial charge on any atom is -0.481 e. The molecule has 1 fully saturated rings. The molecule has 23 heavy (non-hydrogen) atoms. The molecule has 1 N–H and O–H groups in total. The molecule has 0 bridgehead atoms. The van der Waals surface area contributed by atoms with Gasteiger partial charge in [-0.05, 0) is 30.5 Å². The van der Waals surface area contributed by atoms with Gasteiger partial charge in [0.1, 0.15) is 0 Å². The molecule has 0 aliphatic carbocycles. The number of hydrogen-bond acceptors (Lipinski definition) is 3. The van der Waals surface area contributed by atoms with Gasteiger partial charge in [-0.25, -0.2) is 8.42 Å². The summed E-state index contributed by atoms with van der Waals surface area (Å²) in [4.78, 5) is 10.6. The summed E-state index contributed by atoms with van der Waals surface area (Å²) >= 11 is 0. The molecule has 0 spiro atoms. The number of carboxylic acid groups (broad SMARTS) is 1. The van der Waals surface area contributed by atoms with Gasteiger partial charge in [-0.3, -0.25) is 4.79 Å². The molecule has 0 aromatic heterocycles. The van der Waals surface area contributed by atoms with Crippen LogP contribution in [0.5, 0.6) is 0 Å². The summed E-state index contributed by atoms with van der Waals surface area (Å²) in [6.45, 7) is 1.56. The Bertz CT molecular complexity index is 702. The predicted octanol–water partition coefficient (Wildman–Crippen LogP) is 2.44. The maximum Gasteiger partial charge on any atom is 0.416 e. The number of nitrogens with zero attached hydrogens (tertiary/aromatic N) is 1. The normalized spacial score (nSPS) is 23.7. The van der Waals surface area contributed by atoms with Crippen molar-refractivity contribution in [2.45, 2.75) is 24.4 Å². The highest BCUT2D eigenvalue weighted by molar-refractivity contribution is 7.89. The van der Waals surface area contributed by atoms with Crippen LogP contribution in [0.3, 0.4) is 0 Å². The van der Waals surface area contributed by atoms with Crippen molar-refractivity contribution in [3.8, 4) is 0 Å². The molecule has 9 heteroatoms. The average Bonchev–Trinajstić information content (AvgIpc) is 2.45. The Hall–Kier alpha value is -1.61. The van der Waals surface area contributed by atoms with Gasteiger partial charge in [-0.1, -0.05) is 13.0 Å². The van der Waals surface area contributed by atoms with E-state index in [1.165, 1.54) is 0 Å². The molecule has 1 saturated heterocycles. The van der Waals surface area contributed by atoms with E-state index in [1.807, 2.05) is 0 Å². The molecule has 128 valence electrons. The van der Waals surface area contributed by atoms with E-state index < -0.39 is 38.5 Å². The number of sulfonamides is 1. The molecule has 2 unspecified atom stereocenters. The summed E-state index contributed by atoms with van der Waals surface area (Å²) < 4.78 is 64.3. The first kappa shape index (κ1) is 17.7. The Kier molecular flexibility index (Phi) is 4.72. The lowest BCUT2D eigenvalue weighted by Crippen LogP contribution is -2.45. The van der Waals surface area contributed by atoms with Crippen molar-refractivity contribution in [1.29, 1.82) is 0 Å². The van der Waals surface area contributed by atoms with E-state index in [9.17, 15) is 26.4 Å². The van der Waals surface area contributed by atoms with E-state index in [-0.39, 0.29) is 19.0 Å². The van der Waals surface area contributed by atoms with E-state index in [4.69, 9.17) is 5.11 Å². The maximum atomic E-state index is 12.7. The first-order chi connectivity index (χ1) is 10.5. The summed E-state index contributed by atoms with van der Waals surface area (Å²) in [5.41, 5.74) is -1.06. The monoisotopic (exact) mass is 351 g/mol. The minimum atomic E-state index is -4.65. The zero-order valence-corrected chi connectivity index (χ0v) is 13.1. The smallest absolute Gasteiger partial charge is 0.416 e. The summed E-state index contributed by atoms with van der Waals surface area (Å²) in [6.07, 6.45) is -4.31. The van der Waals surface area contributed by atoms with Gasteiger partial charge in [0, 0.05) is 13.1 Å². The topological polar surface area (TPSA) is 74.7 Å². The molecule has 1 aromatic carbocycles. The maximum absolute atomic E-state index is 12.7. The van der Waals surface area contributed by atoms with E-state index in [2.05, 4.69) is 0 Å². The molecular weight excluding hydrogens is 335 g/mol. The van der Waals surface area contributed by atoms with Crippen LogP contribution < -0.4 is 0 Å². The Morgan fingerprint density at radius 3 is 2.52 bits per heavy atom. The molecule has 1 aromatic rings. The van der Waals surface area contributed by atoms with Crippen molar-refractivity contribution < 1.29 is 31.5 Å². The molecule has 1 aliphatic rings. The third-order valence-electron chi connectivity index (χ3n) is 3.77. The van der Waals surface area contributed by atoms with Gasteiger partial charge >= 0.3 is 12.1 Å². The minimum absolute atomic E-state index is 0.0857. The summed E-state index contributed by atoms with van der Waals surface area (Å²) in [7, 11) is -4.17. The van der Waals surface area contributed by atoms with Crippen molar-refractivity contribution in [3.05, 3.63) is 29.8 Å². The second-order valence-corrected chi connectivity index (χ2v) is 7.66. The lowest BCUT2D eigenvalue weighted by Gasteiger charge is -2.33. The number of carboxylic acids is 1. The number of rotatable bonds is 3. The number of alkyl halides is 3. The number of aliphatic carboxylic acids is 1. The third kappa shape index (κ3) is 3.84. The van der Waals surface area contributed by atoms with Crippen molar-refractivity contribution in [3.63, 3.8) is 0 Å². The van der Waals surface area contributed by atoms with Crippen LogP contribution in [0, 0.1) is 11.8 Å². The van der Waals surface area contributed by atoms with Crippen LogP contribution >= 0.6 is 0 Å². The molecule has 2 atom stereocenters. The SMILES string of the molecule is CC1CC(C(=O)O)CN(S(=O)(=O)c2cccc(C(F)(F)F)c2)C1. The van der Waals surface area contributed by atoms with Crippen LogP contribution in [0.4, 0.5) is 13.2 Å². The standard InChI is InChI=1S/C14H16F3NO4S/c1-9-5-10(13(19)20)8-18(7-9)23(21,22)12-4-2-3-11(6-12)14(15,16)17/h2-4,6,9-10H,5,7-8H2,1H3,(H,19,20). The molecule has 0 amide bonds. The molecule has 2 rings (SSSR count). The van der Waals surface area contributed by atoms with Crippen LogP contribution in [0.15, 0.2) is 29.2 Å². The largest absolute Gasteiger partial charge is 0.481 e. The lowest BCUT2D eigenvalue weighted by molar-refractivity contribution is -0.143. The Labute approximate surface area is 131 Å². The van der Waals surface area contributed by atoms with Crippen molar-refractivity contribution in [2.75, 3.05) is 13.1 Å². The zero-order valence-electron chi connectivity index (χ0n) is 12.2. The van der Waals surface area contributed by atoms with Crippen molar-refractivity contribution in [1.82, 2.24) is 4.31 Å². The third-order valence-corrected chi connectivity index (χ3v) is 5.60. The van der Waals surface area contributed by atoms with Gasteiger partial charge < -0.3 is 5.11 Å². The van der Waals surface area contributed by atoms with E-state index in [0.717, 1.165) is 22.5 Å². The number of halogens is 3. The second kappa shape index (κ2) is 6.12. The fraction of sp³-hybridized carbons (Fsp3) is 0.500. The van der Waals surface area contributed by atoms with Crippen LogP contribution in [0.1, 0.15) is 18.9 Å². The second-order valence-electron chi connectivity index (χ2n) is 5.72. The zero-order chi connectivity index (χ0) is 17.4. The number of hydrogen-bond donors (Lipinski definition) is 1. The highest BCUT2D eigenvalue weighted by Gasteiger charge is 2.37. The first-order valence-electron chi connectivity index (χ1n) is 6.92. The molecular formula is C14H16F3NO4S. The van der Waals surface area contributed by atoms with Crippen LogP contribution in [-0.2, 0) is 21.0 Å². The van der Waals surface area contributed by atoms with E-state index in [1.54, 1.807) is 6.92 Å². The van der Waals surface area contributed by atoms with Crippen LogP contribution in [0.25, 0.3) is 0 Å². The van der Waals surface area contributed by atoms with Gasteiger partial charge in [-0.15, -0.1) is 0 Å². The Morgan fingerprint density at radius 1 is 1.30 bits per heavy atom. The average molecular weight is 351 g/mol. The Balaban J connectivity index is 2.36. The highest BCUT2D eigenvalue weighted by atomic mass is 32.2. The van der Waals surface area contributed by atoms with E-state index in [0.29, 0.717) is 12.5 Å². The molecule has 0 saturated carbocycles. The summed E-state index contributed by atoms with van der Waals surface area (Å²) in [5, 5.41) is 9.09. The number of piperidine rings is 1. The van der Waals surface area contributed by atoms with Gasteiger partial charge in [0.25, 0.3) is 0 Å². The lowest BCUT2D eigenvalue weighted by atomic mass is 9.92. The van der Waals surface area contributed by atoms with Gasteiger partial charge in [0.05, 0.1) is 16.4 Å². The number of carbonyl (C=O) groups is 1. The summed E-state index contributed by atoms with van der Waals surface area (Å²) in [6, 6.07) is 3.47. The van der Waals surface area contributed by atoms with Crippen molar-refractivity contribution >= 4 is 16.0 Å². The fourth-order valence-electron chi connectivity index (χ4n) is 2.66. The quantitative estimate of drug-likeness (QED) is 0.908. The molecule has 1 heterocycles. The van der Waals surface area contributed by atoms with Gasteiger partial charge in [0.2, 0.25) is 10.0 Å². The number of benzene rings is 1. The molecule has 5 nitrogen and oxygen atoms in total. The van der Waals surface area contributed by atoms with Crippen LogP contribution in [0.2, 0.25) is 0 Å². The fourth-order valence-corrected chi connectivity index (χ4v) is 4.31. The van der Waals surface area contributed by atoms with Gasteiger partial charge in [-0.2, -0.15) is 17.5 Å². The molecule has 0 radical (unpaired) electrons. The molecule has 1 aliphatic heterocycles. The predicted molar refractivity (Wildman–Crippen MR) is 75.1 cm³/mol. The van der Waals surface area contributed by atoms with Crippen molar-refractivity contribution in [2.24, 2.45) is 11.8 Å². The Morgan fingerprint density at radius 2 is 1.96 bits per heavy atom. The van der Waals surface area contributed by atoms with Crippen LogP contribution in [-0.4, -0.2) is 36.9 Å². The summed E-state index contributed by atoms with van der Waals surface area (Å²) in [5.74, 6) is -2.16.